The normalized spacial score (nSPS) is 15.7. The number of nitrogens with two attached hydrogens (primary N) is 1. The predicted molar refractivity (Wildman–Crippen MR) is 42.1 cm³/mol. The van der Waals surface area contributed by atoms with Gasteiger partial charge in [0.05, 0.1) is 6.16 Å². The van der Waals surface area contributed by atoms with Gasteiger partial charge in [-0.3, -0.25) is 4.57 Å². The lowest BCUT2D eigenvalue weighted by molar-refractivity contribution is 0.480. The molecule has 1 unspecified atom stereocenters. The highest BCUT2D eigenvalue weighted by molar-refractivity contribution is 7.58. The zero-order valence-electron chi connectivity index (χ0n) is 5.79. The molecule has 0 radical (unpaired) electrons. The summed E-state index contributed by atoms with van der Waals surface area (Å²) in [5.41, 5.74) is 5.15. The van der Waals surface area contributed by atoms with Crippen LogP contribution in [0.4, 0.5) is 0 Å². The van der Waals surface area contributed by atoms with Crippen LogP contribution in [0.2, 0.25) is 0 Å². The van der Waals surface area contributed by atoms with Crippen LogP contribution in [0.1, 0.15) is 6.42 Å². The third-order valence-corrected chi connectivity index (χ3v) is 2.74. The Hall–Kier alpha value is -0.290. The summed E-state index contributed by atoms with van der Waals surface area (Å²) in [5, 5.41) is 0. The standard InChI is InChI=1S/C6H12NO2P/c1-2-5-10(8,9)6-3-4-7/h1H,3-7H2,(H,8,9). The quantitative estimate of drug-likeness (QED) is 0.458. The minimum absolute atomic E-state index is 0.0347. The highest BCUT2D eigenvalue weighted by Crippen LogP contribution is 2.39. The summed E-state index contributed by atoms with van der Waals surface area (Å²) in [7, 11) is -3.03. The predicted octanol–water partition coefficient (Wildman–Crippen LogP) is 0.239. The van der Waals surface area contributed by atoms with E-state index in [0.717, 1.165) is 0 Å². The van der Waals surface area contributed by atoms with Gasteiger partial charge in [-0.25, -0.2) is 0 Å². The van der Waals surface area contributed by atoms with E-state index in [1.54, 1.807) is 0 Å². The van der Waals surface area contributed by atoms with E-state index in [2.05, 4.69) is 5.92 Å². The van der Waals surface area contributed by atoms with Crippen molar-refractivity contribution in [3.05, 3.63) is 0 Å². The van der Waals surface area contributed by atoms with Gasteiger partial charge in [0, 0.05) is 6.16 Å². The highest BCUT2D eigenvalue weighted by Gasteiger charge is 2.14. The summed E-state index contributed by atoms with van der Waals surface area (Å²) < 4.78 is 10.9. The van der Waals surface area contributed by atoms with Crippen LogP contribution >= 0.6 is 7.37 Å². The molecule has 10 heavy (non-hydrogen) atoms. The first-order valence-electron chi connectivity index (χ1n) is 3.07. The fourth-order valence-corrected chi connectivity index (χ4v) is 1.68. The van der Waals surface area contributed by atoms with E-state index in [9.17, 15) is 4.57 Å². The lowest BCUT2D eigenvalue weighted by Crippen LogP contribution is -2.03. The molecule has 0 heterocycles. The van der Waals surface area contributed by atoms with Gasteiger partial charge in [-0.2, -0.15) is 0 Å². The molecule has 0 bridgehead atoms. The van der Waals surface area contributed by atoms with Crippen LogP contribution < -0.4 is 5.73 Å². The van der Waals surface area contributed by atoms with Crippen molar-refractivity contribution in [3.8, 4) is 12.3 Å². The maximum Gasteiger partial charge on any atom is 0.212 e. The maximum atomic E-state index is 10.9. The first kappa shape index (κ1) is 9.71. The molecular formula is C6H12NO2P. The number of rotatable bonds is 4. The van der Waals surface area contributed by atoms with Crippen LogP contribution in [0.5, 0.6) is 0 Å². The molecule has 0 fully saturated rings. The molecule has 0 saturated carbocycles. The fraction of sp³-hybridized carbons (Fsp3) is 0.667. The summed E-state index contributed by atoms with van der Waals surface area (Å²) in [4.78, 5) is 9.00. The van der Waals surface area contributed by atoms with Crippen LogP contribution in [0, 0.1) is 12.3 Å². The molecule has 0 saturated heterocycles. The number of terminal acetylenes is 1. The van der Waals surface area contributed by atoms with Crippen molar-refractivity contribution in [2.24, 2.45) is 5.73 Å². The third kappa shape index (κ3) is 4.58. The minimum Gasteiger partial charge on any atom is -0.344 e. The van der Waals surface area contributed by atoms with Crippen LogP contribution in [-0.2, 0) is 4.57 Å². The van der Waals surface area contributed by atoms with Crippen molar-refractivity contribution in [1.82, 2.24) is 0 Å². The molecule has 0 aromatic heterocycles. The van der Waals surface area contributed by atoms with Crippen LogP contribution in [0.25, 0.3) is 0 Å². The van der Waals surface area contributed by atoms with E-state index in [-0.39, 0.29) is 12.3 Å². The maximum absolute atomic E-state index is 10.9. The Bertz CT molecular complexity index is 173. The van der Waals surface area contributed by atoms with Crippen molar-refractivity contribution in [3.63, 3.8) is 0 Å². The lowest BCUT2D eigenvalue weighted by Gasteiger charge is -2.05. The third-order valence-electron chi connectivity index (χ3n) is 1.05. The Morgan fingerprint density at radius 1 is 1.70 bits per heavy atom. The topological polar surface area (TPSA) is 63.3 Å². The van der Waals surface area contributed by atoms with Crippen molar-refractivity contribution in [2.75, 3.05) is 18.9 Å². The van der Waals surface area contributed by atoms with Gasteiger partial charge in [0.15, 0.2) is 0 Å². The molecule has 58 valence electrons. The summed E-state index contributed by atoms with van der Waals surface area (Å²) >= 11 is 0. The Morgan fingerprint density at radius 3 is 2.70 bits per heavy atom. The average molecular weight is 161 g/mol. The van der Waals surface area contributed by atoms with Crippen molar-refractivity contribution >= 4 is 7.37 Å². The van der Waals surface area contributed by atoms with Gasteiger partial charge in [-0.05, 0) is 13.0 Å². The van der Waals surface area contributed by atoms with E-state index in [4.69, 9.17) is 17.1 Å². The molecule has 0 aromatic carbocycles. The van der Waals surface area contributed by atoms with Gasteiger partial charge in [-0.15, -0.1) is 6.42 Å². The molecule has 0 rings (SSSR count). The van der Waals surface area contributed by atoms with Crippen molar-refractivity contribution in [1.29, 1.82) is 0 Å². The highest BCUT2D eigenvalue weighted by atomic mass is 31.2. The lowest BCUT2D eigenvalue weighted by atomic mass is 10.5. The smallest absolute Gasteiger partial charge is 0.212 e. The van der Waals surface area contributed by atoms with Gasteiger partial charge in [0.1, 0.15) is 0 Å². The Balaban J connectivity index is 3.67. The van der Waals surface area contributed by atoms with Crippen LogP contribution in [-0.4, -0.2) is 23.8 Å². The number of hydrogen-bond acceptors (Lipinski definition) is 2. The molecule has 3 N–H and O–H groups in total. The first-order valence-corrected chi connectivity index (χ1v) is 5.10. The van der Waals surface area contributed by atoms with Gasteiger partial charge in [-0.1, -0.05) is 5.92 Å². The average Bonchev–Trinajstić information content (AvgIpc) is 1.84. The second-order valence-electron chi connectivity index (χ2n) is 2.07. The molecule has 0 aromatic rings. The molecule has 1 atom stereocenters. The summed E-state index contributed by atoms with van der Waals surface area (Å²) in [6.45, 7) is 0.440. The Kier molecular flexibility index (Phi) is 4.38. The molecule has 0 aliphatic heterocycles. The Labute approximate surface area is 61.1 Å². The SMILES string of the molecule is C#CCP(=O)(O)CCCN. The fourth-order valence-electron chi connectivity index (χ4n) is 0.560. The molecular weight excluding hydrogens is 149 g/mol. The number of hydrogen-bond donors (Lipinski definition) is 2. The molecule has 3 nitrogen and oxygen atoms in total. The van der Waals surface area contributed by atoms with Gasteiger partial charge >= 0.3 is 0 Å². The van der Waals surface area contributed by atoms with E-state index < -0.39 is 7.37 Å². The minimum atomic E-state index is -3.03. The van der Waals surface area contributed by atoms with Crippen LogP contribution in [0.15, 0.2) is 0 Å². The van der Waals surface area contributed by atoms with E-state index in [1.807, 2.05) is 0 Å². The molecule has 0 aliphatic carbocycles. The first-order chi connectivity index (χ1) is 4.62. The molecule has 0 amide bonds. The van der Waals surface area contributed by atoms with Gasteiger partial charge < -0.3 is 10.6 Å². The van der Waals surface area contributed by atoms with Crippen LogP contribution in [0.3, 0.4) is 0 Å². The summed E-state index contributed by atoms with van der Waals surface area (Å²) in [6, 6.07) is 0. The second-order valence-corrected chi connectivity index (χ2v) is 4.53. The zero-order chi connectivity index (χ0) is 8.04. The van der Waals surface area contributed by atoms with Gasteiger partial charge in [0.2, 0.25) is 7.37 Å². The van der Waals surface area contributed by atoms with E-state index in [1.165, 1.54) is 0 Å². The van der Waals surface area contributed by atoms with E-state index >= 15 is 0 Å². The van der Waals surface area contributed by atoms with Gasteiger partial charge in [0.25, 0.3) is 0 Å². The zero-order valence-corrected chi connectivity index (χ0v) is 6.68. The molecule has 0 spiro atoms. The van der Waals surface area contributed by atoms with Crippen molar-refractivity contribution < 1.29 is 9.46 Å². The summed E-state index contributed by atoms with van der Waals surface area (Å²) in [5.74, 6) is 2.16. The second kappa shape index (κ2) is 4.51. The monoisotopic (exact) mass is 161 g/mol. The largest absolute Gasteiger partial charge is 0.344 e. The Morgan fingerprint density at radius 2 is 2.30 bits per heavy atom. The van der Waals surface area contributed by atoms with E-state index in [0.29, 0.717) is 13.0 Å². The molecule has 0 aliphatic rings. The summed E-state index contributed by atoms with van der Waals surface area (Å²) in [6.07, 6.45) is 5.65. The van der Waals surface area contributed by atoms with Crippen molar-refractivity contribution in [2.45, 2.75) is 6.42 Å². The molecule has 4 heteroatoms.